The van der Waals surface area contributed by atoms with Crippen molar-refractivity contribution >= 4 is 43.2 Å². The van der Waals surface area contributed by atoms with E-state index in [4.69, 9.17) is 0 Å². The third kappa shape index (κ3) is 5.38. The lowest BCUT2D eigenvalue weighted by Gasteiger charge is -2.26. The second kappa shape index (κ2) is 10.9. The summed E-state index contributed by atoms with van der Waals surface area (Å²) >= 11 is 1.35. The second-order valence-electron chi connectivity index (χ2n) is 9.17. The standard InChI is InChI=1S/C30H27N3O3S2/c1-21(2)33(19-22-9-4-3-5-10-22)38(35,36)25-17-15-24(16-18-25)29(34)32-30-31-28(20-37-30)27-14-8-12-23-11-6-7-13-26(23)27/h3-18,20-21H,19H2,1-2H3,(H,31,32,34). The number of fused-ring (bicyclic) bond motifs is 1. The number of nitrogens with zero attached hydrogens (tertiary/aromatic N) is 2. The quantitative estimate of drug-likeness (QED) is 0.234. The zero-order chi connectivity index (χ0) is 26.7. The predicted molar refractivity (Wildman–Crippen MR) is 154 cm³/mol. The Kier molecular flexibility index (Phi) is 7.37. The van der Waals surface area contributed by atoms with Crippen molar-refractivity contribution in [2.45, 2.75) is 31.3 Å². The topological polar surface area (TPSA) is 79.4 Å². The molecule has 38 heavy (non-hydrogen) atoms. The molecular weight excluding hydrogens is 514 g/mol. The summed E-state index contributed by atoms with van der Waals surface area (Å²) < 4.78 is 28.3. The number of nitrogens with one attached hydrogen (secondary N) is 1. The first-order valence-corrected chi connectivity index (χ1v) is 14.6. The number of rotatable bonds is 8. The van der Waals surface area contributed by atoms with Crippen LogP contribution in [-0.4, -0.2) is 29.7 Å². The van der Waals surface area contributed by atoms with Crippen LogP contribution in [0.2, 0.25) is 0 Å². The normalized spacial score (nSPS) is 11.8. The molecule has 0 saturated heterocycles. The Morgan fingerprint density at radius 1 is 0.895 bits per heavy atom. The summed E-state index contributed by atoms with van der Waals surface area (Å²) in [6.45, 7) is 3.97. The van der Waals surface area contributed by atoms with Gasteiger partial charge in [0.05, 0.1) is 10.6 Å². The molecule has 0 radical (unpaired) electrons. The molecule has 0 unspecified atom stereocenters. The van der Waals surface area contributed by atoms with Crippen LogP contribution in [0, 0.1) is 0 Å². The molecule has 1 amide bonds. The van der Waals surface area contributed by atoms with Crippen LogP contribution in [-0.2, 0) is 16.6 Å². The maximum atomic E-state index is 13.4. The molecule has 0 saturated carbocycles. The van der Waals surface area contributed by atoms with E-state index in [0.29, 0.717) is 10.7 Å². The van der Waals surface area contributed by atoms with E-state index in [1.54, 1.807) is 0 Å². The predicted octanol–water partition coefficient (Wildman–Crippen LogP) is 6.81. The lowest BCUT2D eigenvalue weighted by Crippen LogP contribution is -2.36. The van der Waals surface area contributed by atoms with Gasteiger partial charge >= 0.3 is 0 Å². The van der Waals surface area contributed by atoms with Gasteiger partial charge in [0.2, 0.25) is 10.0 Å². The molecule has 0 aliphatic rings. The van der Waals surface area contributed by atoms with Crippen molar-refractivity contribution in [3.05, 3.63) is 114 Å². The van der Waals surface area contributed by atoms with Gasteiger partial charge in [0.25, 0.3) is 5.91 Å². The van der Waals surface area contributed by atoms with Crippen molar-refractivity contribution in [1.82, 2.24) is 9.29 Å². The van der Waals surface area contributed by atoms with E-state index in [1.807, 2.05) is 73.8 Å². The number of carbonyl (C=O) groups is 1. The molecule has 1 aromatic heterocycles. The van der Waals surface area contributed by atoms with Gasteiger partial charge in [-0.3, -0.25) is 10.1 Å². The highest BCUT2D eigenvalue weighted by Crippen LogP contribution is 2.31. The minimum atomic E-state index is -3.75. The third-order valence-corrected chi connectivity index (χ3v) is 9.06. The maximum absolute atomic E-state index is 13.4. The largest absolute Gasteiger partial charge is 0.298 e. The summed E-state index contributed by atoms with van der Waals surface area (Å²) in [4.78, 5) is 17.7. The molecule has 0 bridgehead atoms. The third-order valence-electron chi connectivity index (χ3n) is 6.27. The Bertz CT molecular complexity index is 1670. The molecule has 192 valence electrons. The van der Waals surface area contributed by atoms with Gasteiger partial charge in [-0.15, -0.1) is 11.3 Å². The number of carbonyl (C=O) groups excluding carboxylic acids is 1. The molecule has 1 heterocycles. The SMILES string of the molecule is CC(C)N(Cc1ccccc1)S(=O)(=O)c1ccc(C(=O)Nc2nc(-c3cccc4ccccc34)cs2)cc1. The Balaban J connectivity index is 1.32. The van der Waals surface area contributed by atoms with Gasteiger partial charge in [-0.05, 0) is 54.4 Å². The molecule has 4 aromatic carbocycles. The summed E-state index contributed by atoms with van der Waals surface area (Å²) in [6, 6.07) is 29.4. The van der Waals surface area contributed by atoms with E-state index >= 15 is 0 Å². The van der Waals surface area contributed by atoms with Crippen LogP contribution in [0.4, 0.5) is 5.13 Å². The molecule has 8 heteroatoms. The fraction of sp³-hybridized carbons (Fsp3) is 0.133. The molecular formula is C30H27N3O3S2. The fourth-order valence-corrected chi connectivity index (χ4v) is 6.63. The van der Waals surface area contributed by atoms with Gasteiger partial charge in [-0.2, -0.15) is 4.31 Å². The average molecular weight is 542 g/mol. The minimum absolute atomic E-state index is 0.145. The van der Waals surface area contributed by atoms with Crippen molar-refractivity contribution in [3.8, 4) is 11.3 Å². The average Bonchev–Trinajstić information content (AvgIpc) is 3.40. The van der Waals surface area contributed by atoms with E-state index in [2.05, 4.69) is 28.5 Å². The van der Waals surface area contributed by atoms with Gasteiger partial charge in [-0.25, -0.2) is 13.4 Å². The highest BCUT2D eigenvalue weighted by molar-refractivity contribution is 7.89. The first-order valence-electron chi connectivity index (χ1n) is 12.2. The lowest BCUT2D eigenvalue weighted by molar-refractivity contribution is 0.102. The van der Waals surface area contributed by atoms with Crippen LogP contribution >= 0.6 is 11.3 Å². The molecule has 1 N–H and O–H groups in total. The van der Waals surface area contributed by atoms with Gasteiger partial charge in [0, 0.05) is 29.1 Å². The van der Waals surface area contributed by atoms with Crippen molar-refractivity contribution in [1.29, 1.82) is 0 Å². The van der Waals surface area contributed by atoms with E-state index in [-0.39, 0.29) is 23.4 Å². The first-order chi connectivity index (χ1) is 18.3. The van der Waals surface area contributed by atoms with Gasteiger partial charge in [0.1, 0.15) is 0 Å². The van der Waals surface area contributed by atoms with Crippen molar-refractivity contribution in [2.24, 2.45) is 0 Å². The molecule has 6 nitrogen and oxygen atoms in total. The zero-order valence-corrected chi connectivity index (χ0v) is 22.7. The Hall–Kier alpha value is -3.85. The van der Waals surface area contributed by atoms with Gasteiger partial charge < -0.3 is 0 Å². The number of benzene rings is 4. The Morgan fingerprint density at radius 3 is 2.32 bits per heavy atom. The van der Waals surface area contributed by atoms with Crippen LogP contribution in [0.5, 0.6) is 0 Å². The number of hydrogen-bond acceptors (Lipinski definition) is 5. The Morgan fingerprint density at radius 2 is 1.58 bits per heavy atom. The number of sulfonamides is 1. The molecule has 5 rings (SSSR count). The van der Waals surface area contributed by atoms with Crippen molar-refractivity contribution < 1.29 is 13.2 Å². The number of hydrogen-bond donors (Lipinski definition) is 1. The first kappa shape index (κ1) is 25.8. The number of amides is 1. The maximum Gasteiger partial charge on any atom is 0.257 e. The number of thiazole rings is 1. The van der Waals surface area contributed by atoms with E-state index in [1.165, 1.54) is 39.9 Å². The van der Waals surface area contributed by atoms with Crippen LogP contribution in [0.1, 0.15) is 29.8 Å². The van der Waals surface area contributed by atoms with Gasteiger partial charge in [-0.1, -0.05) is 72.8 Å². The fourth-order valence-electron chi connectivity index (χ4n) is 4.30. The molecule has 5 aromatic rings. The number of anilines is 1. The highest BCUT2D eigenvalue weighted by Gasteiger charge is 2.27. The summed E-state index contributed by atoms with van der Waals surface area (Å²) in [5.74, 6) is -0.349. The highest BCUT2D eigenvalue weighted by atomic mass is 32.2. The summed E-state index contributed by atoms with van der Waals surface area (Å²) in [7, 11) is -3.75. The summed E-state index contributed by atoms with van der Waals surface area (Å²) in [5.41, 5.74) is 3.05. The molecule has 0 atom stereocenters. The Labute approximate surface area is 226 Å². The van der Waals surface area contributed by atoms with Crippen LogP contribution in [0.25, 0.3) is 22.0 Å². The molecule has 0 spiro atoms. The molecule has 0 aliphatic heterocycles. The van der Waals surface area contributed by atoms with Crippen LogP contribution < -0.4 is 5.32 Å². The monoisotopic (exact) mass is 541 g/mol. The van der Waals surface area contributed by atoms with Crippen LogP contribution in [0.15, 0.2) is 107 Å². The van der Waals surface area contributed by atoms with Crippen molar-refractivity contribution in [2.75, 3.05) is 5.32 Å². The molecule has 0 fully saturated rings. The van der Waals surface area contributed by atoms with Crippen LogP contribution in [0.3, 0.4) is 0 Å². The smallest absolute Gasteiger partial charge is 0.257 e. The van der Waals surface area contributed by atoms with E-state index in [0.717, 1.165) is 27.6 Å². The molecule has 0 aliphatic carbocycles. The van der Waals surface area contributed by atoms with Gasteiger partial charge in [0.15, 0.2) is 5.13 Å². The van der Waals surface area contributed by atoms with E-state index < -0.39 is 10.0 Å². The minimum Gasteiger partial charge on any atom is -0.298 e. The zero-order valence-electron chi connectivity index (χ0n) is 21.0. The summed E-state index contributed by atoms with van der Waals surface area (Å²) in [5, 5.41) is 7.45. The van der Waals surface area contributed by atoms with Crippen molar-refractivity contribution in [3.63, 3.8) is 0 Å². The number of aromatic nitrogens is 1. The van der Waals surface area contributed by atoms with E-state index in [9.17, 15) is 13.2 Å². The second-order valence-corrected chi connectivity index (χ2v) is 11.9. The lowest BCUT2D eigenvalue weighted by atomic mass is 10.0. The summed E-state index contributed by atoms with van der Waals surface area (Å²) in [6.07, 6.45) is 0.